The molecule has 32 heavy (non-hydrogen) atoms. The van der Waals surface area contributed by atoms with E-state index in [2.05, 4.69) is 4.98 Å². The van der Waals surface area contributed by atoms with Crippen molar-refractivity contribution in [2.24, 2.45) is 5.73 Å². The zero-order valence-corrected chi connectivity index (χ0v) is 19.2. The van der Waals surface area contributed by atoms with Crippen molar-refractivity contribution in [2.45, 2.75) is 18.1 Å². The van der Waals surface area contributed by atoms with Crippen LogP contribution in [-0.2, 0) is 23.1 Å². The van der Waals surface area contributed by atoms with E-state index in [1.165, 1.54) is 21.5 Å². The molecule has 2 aromatic carbocycles. The third kappa shape index (κ3) is 3.57. The van der Waals surface area contributed by atoms with Gasteiger partial charge < -0.3 is 10.5 Å². The summed E-state index contributed by atoms with van der Waals surface area (Å²) in [6.07, 6.45) is 5.18. The van der Waals surface area contributed by atoms with Gasteiger partial charge in [0.2, 0.25) is 0 Å². The second kappa shape index (κ2) is 8.25. The van der Waals surface area contributed by atoms with E-state index in [0.717, 1.165) is 16.5 Å². The molecule has 10 heteroatoms. The molecule has 0 saturated heterocycles. The quantitative estimate of drug-likeness (QED) is 0.370. The molecule has 0 unspecified atom stereocenters. The molecule has 7 nitrogen and oxygen atoms in total. The van der Waals surface area contributed by atoms with E-state index < -0.39 is 10.0 Å². The maximum absolute atomic E-state index is 13.5. The Morgan fingerprint density at radius 3 is 2.78 bits per heavy atom. The Labute approximate surface area is 193 Å². The Morgan fingerprint density at radius 2 is 2.00 bits per heavy atom. The molecule has 0 fully saturated rings. The van der Waals surface area contributed by atoms with E-state index in [1.807, 2.05) is 30.3 Å². The zero-order valence-electron chi connectivity index (χ0n) is 16.8. The molecule has 164 valence electrons. The molecule has 5 rings (SSSR count). The summed E-state index contributed by atoms with van der Waals surface area (Å²) in [4.78, 5) is 4.81. The molecule has 0 aliphatic rings. The second-order valence-corrected chi connectivity index (χ2v) is 10.3. The lowest BCUT2D eigenvalue weighted by molar-refractivity contribution is 0.307. The average molecular weight is 487 g/mol. The Balaban J connectivity index is 1.61. The highest BCUT2D eigenvalue weighted by atomic mass is 35.5. The predicted molar refractivity (Wildman–Crippen MR) is 126 cm³/mol. The van der Waals surface area contributed by atoms with Gasteiger partial charge >= 0.3 is 0 Å². The summed E-state index contributed by atoms with van der Waals surface area (Å²) < 4.78 is 35.9. The van der Waals surface area contributed by atoms with Gasteiger partial charge in [-0.2, -0.15) is 8.42 Å². The fourth-order valence-electron chi connectivity index (χ4n) is 3.66. The van der Waals surface area contributed by atoms with Crippen molar-refractivity contribution >= 4 is 48.8 Å². The van der Waals surface area contributed by atoms with Gasteiger partial charge in [0.05, 0.1) is 16.7 Å². The van der Waals surface area contributed by atoms with Gasteiger partial charge in [-0.3, -0.25) is 4.40 Å². The van der Waals surface area contributed by atoms with Crippen molar-refractivity contribution in [3.8, 4) is 5.75 Å². The molecule has 5 aromatic rings. The van der Waals surface area contributed by atoms with Crippen LogP contribution in [0, 0.1) is 0 Å². The molecule has 3 aromatic heterocycles. The van der Waals surface area contributed by atoms with Crippen molar-refractivity contribution in [2.75, 3.05) is 6.54 Å². The fraction of sp³-hybridized carbons (Fsp3) is 0.136. The van der Waals surface area contributed by atoms with Crippen molar-refractivity contribution in [3.63, 3.8) is 0 Å². The smallest absolute Gasteiger partial charge is 0.285 e. The van der Waals surface area contributed by atoms with Crippen molar-refractivity contribution < 1.29 is 13.2 Å². The summed E-state index contributed by atoms with van der Waals surface area (Å²) >= 11 is 7.88. The summed E-state index contributed by atoms with van der Waals surface area (Å²) in [5.41, 5.74) is 8.08. The lowest BCUT2D eigenvalue weighted by Crippen LogP contribution is -2.14. The van der Waals surface area contributed by atoms with Crippen LogP contribution in [-0.4, -0.2) is 28.3 Å². The van der Waals surface area contributed by atoms with Gasteiger partial charge in [-0.15, -0.1) is 11.3 Å². The minimum absolute atomic E-state index is 0.0884. The minimum Gasteiger partial charge on any atom is -0.487 e. The monoisotopic (exact) mass is 486 g/mol. The first kappa shape index (κ1) is 21.0. The van der Waals surface area contributed by atoms with E-state index in [-0.39, 0.29) is 5.03 Å². The first-order valence-corrected chi connectivity index (χ1v) is 12.5. The number of imidazole rings is 1. The summed E-state index contributed by atoms with van der Waals surface area (Å²) in [5, 5.41) is 2.95. The zero-order chi connectivity index (χ0) is 22.3. The number of nitrogens with two attached hydrogens (primary N) is 1. The highest BCUT2D eigenvalue weighted by molar-refractivity contribution is 7.90. The number of hydrogen-bond donors (Lipinski definition) is 1. The normalized spacial score (nSPS) is 12.1. The number of thiazole rings is 1. The molecule has 0 radical (unpaired) electrons. The van der Waals surface area contributed by atoms with Crippen LogP contribution in [0.4, 0.5) is 0 Å². The van der Waals surface area contributed by atoms with Crippen molar-refractivity contribution in [1.29, 1.82) is 0 Å². The molecule has 0 bridgehead atoms. The number of ether oxygens (including phenoxy) is 1. The molecular weight excluding hydrogens is 468 g/mol. The van der Waals surface area contributed by atoms with Gasteiger partial charge in [0.1, 0.15) is 12.4 Å². The van der Waals surface area contributed by atoms with Crippen LogP contribution in [0.2, 0.25) is 5.02 Å². The molecule has 0 atom stereocenters. The number of hydrogen-bond acceptors (Lipinski definition) is 6. The van der Waals surface area contributed by atoms with E-state index in [1.54, 1.807) is 34.3 Å². The Bertz CT molecular complexity index is 1520. The van der Waals surface area contributed by atoms with Crippen LogP contribution in [0.25, 0.3) is 15.9 Å². The average Bonchev–Trinajstić information content (AvgIpc) is 3.48. The molecule has 2 N–H and O–H groups in total. The van der Waals surface area contributed by atoms with Gasteiger partial charge in [-0.1, -0.05) is 41.9 Å². The number of halogens is 1. The SMILES string of the molecule is NCCc1cn(S(=O)(=O)c2cnc3sccn23)c2cc(Cl)c(OCc3ccccc3)cc12. The molecule has 0 saturated carbocycles. The number of aromatic nitrogens is 3. The topological polar surface area (TPSA) is 91.6 Å². The standard InChI is InChI=1S/C22H19ClN4O3S2/c23-18-11-19-17(10-20(18)30-14-15-4-2-1-3-5-15)16(6-7-24)13-27(19)32(28,29)21-12-25-22-26(21)8-9-31-22/h1-5,8-13H,6-7,14,24H2. The second-order valence-electron chi connectivity index (χ2n) is 7.22. The highest BCUT2D eigenvalue weighted by Crippen LogP contribution is 2.35. The summed E-state index contributed by atoms with van der Waals surface area (Å²) in [7, 11) is -3.92. The number of rotatable bonds is 7. The van der Waals surface area contributed by atoms with Gasteiger partial charge in [0, 0.05) is 23.2 Å². The maximum Gasteiger partial charge on any atom is 0.285 e. The number of benzene rings is 2. The van der Waals surface area contributed by atoms with Gasteiger partial charge in [0.25, 0.3) is 10.0 Å². The number of nitrogens with zero attached hydrogens (tertiary/aromatic N) is 3. The van der Waals surface area contributed by atoms with E-state index in [4.69, 9.17) is 22.1 Å². The Hall–Kier alpha value is -2.85. The van der Waals surface area contributed by atoms with Gasteiger partial charge in [0.15, 0.2) is 9.99 Å². The molecular formula is C22H19ClN4O3S2. The Kier molecular flexibility index (Phi) is 5.42. The number of fused-ring (bicyclic) bond motifs is 2. The van der Waals surface area contributed by atoms with Crippen LogP contribution >= 0.6 is 22.9 Å². The first-order valence-electron chi connectivity index (χ1n) is 9.85. The lowest BCUT2D eigenvalue weighted by atomic mass is 10.1. The van der Waals surface area contributed by atoms with Crippen LogP contribution < -0.4 is 10.5 Å². The van der Waals surface area contributed by atoms with Gasteiger partial charge in [-0.05, 0) is 36.2 Å². The largest absolute Gasteiger partial charge is 0.487 e. The van der Waals surface area contributed by atoms with Crippen LogP contribution in [0.1, 0.15) is 11.1 Å². The van der Waals surface area contributed by atoms with E-state index >= 15 is 0 Å². The first-order chi connectivity index (χ1) is 15.5. The summed E-state index contributed by atoms with van der Waals surface area (Å²) in [5.74, 6) is 0.487. The summed E-state index contributed by atoms with van der Waals surface area (Å²) in [6.45, 7) is 0.729. The summed E-state index contributed by atoms with van der Waals surface area (Å²) in [6, 6.07) is 13.2. The van der Waals surface area contributed by atoms with Crippen molar-refractivity contribution in [3.05, 3.63) is 82.6 Å². The highest BCUT2D eigenvalue weighted by Gasteiger charge is 2.26. The van der Waals surface area contributed by atoms with Gasteiger partial charge in [-0.25, -0.2) is 8.96 Å². The molecule has 3 heterocycles. The van der Waals surface area contributed by atoms with E-state index in [9.17, 15) is 8.42 Å². The Morgan fingerprint density at radius 1 is 1.19 bits per heavy atom. The molecule has 0 aliphatic carbocycles. The fourth-order valence-corrected chi connectivity index (χ4v) is 6.08. The van der Waals surface area contributed by atoms with Crippen LogP contribution in [0.5, 0.6) is 5.75 Å². The third-order valence-electron chi connectivity index (χ3n) is 5.19. The van der Waals surface area contributed by atoms with Crippen LogP contribution in [0.3, 0.4) is 0 Å². The maximum atomic E-state index is 13.5. The minimum atomic E-state index is -3.92. The van der Waals surface area contributed by atoms with Crippen molar-refractivity contribution in [1.82, 2.24) is 13.4 Å². The molecule has 0 amide bonds. The predicted octanol–water partition coefficient (Wildman–Crippen LogP) is 4.32. The van der Waals surface area contributed by atoms with Crippen LogP contribution in [0.15, 0.2) is 71.5 Å². The lowest BCUT2D eigenvalue weighted by Gasteiger charge is -2.10. The molecule has 0 aliphatic heterocycles. The molecule has 0 spiro atoms. The third-order valence-corrected chi connectivity index (χ3v) is 7.91. The van der Waals surface area contributed by atoms with E-state index in [0.29, 0.717) is 40.8 Å².